The predicted molar refractivity (Wildman–Crippen MR) is 104 cm³/mol. The van der Waals surface area contributed by atoms with Crippen molar-refractivity contribution in [2.45, 2.75) is 40.0 Å². The summed E-state index contributed by atoms with van der Waals surface area (Å²) in [5.74, 6) is -0.566. The van der Waals surface area contributed by atoms with E-state index in [9.17, 15) is 14.4 Å². The van der Waals surface area contributed by atoms with Gasteiger partial charge in [-0.2, -0.15) is 0 Å². The number of hydrogen-bond acceptors (Lipinski definition) is 3. The summed E-state index contributed by atoms with van der Waals surface area (Å²) in [7, 11) is 0. The molecule has 2 fully saturated rings. The van der Waals surface area contributed by atoms with Crippen LogP contribution in [-0.2, 0) is 14.4 Å². The number of piperidine rings is 1. The average Bonchev–Trinajstić information content (AvgIpc) is 2.74. The number of nitrogens with zero attached hydrogens (tertiary/aromatic N) is 1. The van der Waals surface area contributed by atoms with Crippen molar-refractivity contribution in [2.75, 3.05) is 11.9 Å². The van der Waals surface area contributed by atoms with E-state index in [2.05, 4.69) is 27.9 Å². The van der Waals surface area contributed by atoms with E-state index in [-0.39, 0.29) is 42.0 Å². The fraction of sp³-hybridized carbons (Fsp3) is 0.526. The number of amides is 3. The molecule has 134 valence electrons. The third kappa shape index (κ3) is 2.98. The minimum Gasteiger partial charge on any atom is -0.326 e. The van der Waals surface area contributed by atoms with Crippen molar-refractivity contribution in [3.63, 3.8) is 0 Å². The molecule has 1 aliphatic heterocycles. The first-order chi connectivity index (χ1) is 11.7. The Labute approximate surface area is 161 Å². The van der Waals surface area contributed by atoms with E-state index in [0.29, 0.717) is 0 Å². The smallest absolute Gasteiger partial charge is 0.235 e. The van der Waals surface area contributed by atoms with Gasteiger partial charge in [-0.15, -0.1) is 0 Å². The zero-order valence-corrected chi connectivity index (χ0v) is 16.9. The van der Waals surface area contributed by atoms with Gasteiger partial charge in [0.25, 0.3) is 0 Å². The van der Waals surface area contributed by atoms with Crippen molar-refractivity contribution < 1.29 is 14.4 Å². The van der Waals surface area contributed by atoms with Crippen LogP contribution in [0.1, 0.15) is 40.0 Å². The van der Waals surface area contributed by atoms with Crippen molar-refractivity contribution in [3.8, 4) is 0 Å². The summed E-state index contributed by atoms with van der Waals surface area (Å²) in [5.41, 5.74) is -0.117. The number of likely N-dealkylation sites (tertiary alicyclic amines) is 1. The lowest BCUT2D eigenvalue weighted by Crippen LogP contribution is -2.59. The third-order valence-corrected chi connectivity index (χ3v) is 6.92. The Bertz CT molecular complexity index is 729. The summed E-state index contributed by atoms with van der Waals surface area (Å²) in [4.78, 5) is 39.1. The molecule has 1 aliphatic carbocycles. The summed E-state index contributed by atoms with van der Waals surface area (Å²) in [6, 6.07) is 7.49. The Balaban J connectivity index is 1.65. The summed E-state index contributed by atoms with van der Waals surface area (Å²) in [5, 5.41) is 2.81. The number of carbonyl (C=O) groups excluding carboxylic acids is 3. The molecular formula is C19H23IN2O3. The minimum atomic E-state index is -0.516. The van der Waals surface area contributed by atoms with E-state index in [1.807, 2.05) is 45.0 Å². The summed E-state index contributed by atoms with van der Waals surface area (Å²) in [6.07, 6.45) is 1.60. The lowest BCUT2D eigenvalue weighted by molar-refractivity contribution is -0.167. The molecular weight excluding hydrogens is 431 g/mol. The Hall–Kier alpha value is -1.44. The lowest BCUT2D eigenvalue weighted by Gasteiger charge is -2.47. The highest BCUT2D eigenvalue weighted by molar-refractivity contribution is 14.1. The maximum Gasteiger partial charge on any atom is 0.235 e. The van der Waals surface area contributed by atoms with Gasteiger partial charge in [-0.25, -0.2) is 0 Å². The molecule has 0 spiro atoms. The second-order valence-electron chi connectivity index (χ2n) is 7.75. The molecule has 6 heteroatoms. The molecule has 5 nitrogen and oxygen atoms in total. The van der Waals surface area contributed by atoms with E-state index in [0.717, 1.165) is 22.1 Å². The van der Waals surface area contributed by atoms with Crippen molar-refractivity contribution >= 4 is 46.0 Å². The second kappa shape index (κ2) is 6.37. The van der Waals surface area contributed by atoms with Crippen LogP contribution in [0.4, 0.5) is 5.69 Å². The van der Waals surface area contributed by atoms with E-state index in [1.54, 1.807) is 0 Å². The molecule has 1 aromatic carbocycles. The number of rotatable bonds is 4. The molecule has 3 amide bonds. The van der Waals surface area contributed by atoms with Gasteiger partial charge in [0.15, 0.2) is 0 Å². The zero-order chi connectivity index (χ0) is 18.4. The lowest BCUT2D eigenvalue weighted by atomic mass is 9.62. The Kier molecular flexibility index (Phi) is 4.68. The monoisotopic (exact) mass is 454 g/mol. The Morgan fingerprint density at radius 1 is 1.24 bits per heavy atom. The quantitative estimate of drug-likeness (QED) is 0.560. The van der Waals surface area contributed by atoms with Crippen LogP contribution >= 0.6 is 22.6 Å². The van der Waals surface area contributed by atoms with E-state index >= 15 is 0 Å². The third-order valence-electron chi connectivity index (χ3n) is 6.20. The molecule has 0 aromatic heterocycles. The Morgan fingerprint density at radius 2 is 1.88 bits per heavy atom. The first-order valence-electron chi connectivity index (χ1n) is 8.58. The molecule has 3 rings (SSSR count). The van der Waals surface area contributed by atoms with E-state index in [4.69, 9.17) is 0 Å². The molecule has 2 aliphatic rings. The molecule has 2 atom stereocenters. The SMILES string of the molecule is CC12CCC(C(=O)N(CCC(=O)Nc3ccc(I)cc3)C1=O)C2(C)C. The molecule has 1 aromatic rings. The van der Waals surface area contributed by atoms with Crippen molar-refractivity contribution in [2.24, 2.45) is 16.7 Å². The zero-order valence-electron chi connectivity index (χ0n) is 14.8. The standard InChI is InChI=1S/C19H23IN2O3/c1-18(2)14-8-10-19(18,3)17(25)22(16(14)24)11-9-15(23)21-13-6-4-12(20)5-7-13/h4-7,14H,8-11H2,1-3H3,(H,21,23). The number of halogens is 1. The maximum atomic E-state index is 12.9. The van der Waals surface area contributed by atoms with Gasteiger partial charge in [0.1, 0.15) is 0 Å². The van der Waals surface area contributed by atoms with Gasteiger partial charge in [0.2, 0.25) is 17.7 Å². The van der Waals surface area contributed by atoms with Crippen molar-refractivity contribution in [1.82, 2.24) is 4.90 Å². The summed E-state index contributed by atoms with van der Waals surface area (Å²) < 4.78 is 1.09. The molecule has 1 N–H and O–H groups in total. The van der Waals surface area contributed by atoms with Crippen molar-refractivity contribution in [3.05, 3.63) is 27.8 Å². The fourth-order valence-corrected chi connectivity index (χ4v) is 4.44. The molecule has 1 saturated heterocycles. The average molecular weight is 454 g/mol. The number of nitrogens with one attached hydrogen (secondary N) is 1. The minimum absolute atomic E-state index is 0.118. The van der Waals surface area contributed by atoms with Gasteiger partial charge in [-0.3, -0.25) is 19.3 Å². The van der Waals surface area contributed by atoms with Crippen LogP contribution in [0, 0.1) is 20.3 Å². The van der Waals surface area contributed by atoms with Gasteiger partial charge in [-0.1, -0.05) is 20.8 Å². The van der Waals surface area contributed by atoms with Crippen LogP contribution in [0.2, 0.25) is 0 Å². The highest BCUT2D eigenvalue weighted by Gasteiger charge is 2.64. The first kappa shape index (κ1) is 18.4. The second-order valence-corrected chi connectivity index (χ2v) is 8.99. The Morgan fingerprint density at radius 3 is 2.52 bits per heavy atom. The summed E-state index contributed by atoms with van der Waals surface area (Å²) >= 11 is 2.20. The van der Waals surface area contributed by atoms with Gasteiger partial charge in [0.05, 0.1) is 5.41 Å². The normalized spacial score (nSPS) is 27.5. The number of hydrogen-bond donors (Lipinski definition) is 1. The number of anilines is 1. The van der Waals surface area contributed by atoms with Crippen LogP contribution in [-0.4, -0.2) is 29.2 Å². The number of benzene rings is 1. The van der Waals surface area contributed by atoms with Crippen LogP contribution in [0.3, 0.4) is 0 Å². The number of fused-ring (bicyclic) bond motifs is 2. The predicted octanol–water partition coefficient (Wildman–Crippen LogP) is 3.43. The molecule has 2 bridgehead atoms. The molecule has 2 unspecified atom stereocenters. The number of imide groups is 1. The van der Waals surface area contributed by atoms with Gasteiger partial charge in [-0.05, 0) is 65.1 Å². The van der Waals surface area contributed by atoms with E-state index in [1.165, 1.54) is 4.90 Å². The molecule has 1 saturated carbocycles. The van der Waals surface area contributed by atoms with Crippen LogP contribution < -0.4 is 5.32 Å². The van der Waals surface area contributed by atoms with E-state index < -0.39 is 5.41 Å². The van der Waals surface area contributed by atoms with Gasteiger partial charge < -0.3 is 5.32 Å². The maximum absolute atomic E-state index is 12.9. The topological polar surface area (TPSA) is 66.5 Å². The van der Waals surface area contributed by atoms with Crippen molar-refractivity contribution in [1.29, 1.82) is 0 Å². The molecule has 0 radical (unpaired) electrons. The van der Waals surface area contributed by atoms with Gasteiger partial charge >= 0.3 is 0 Å². The van der Waals surface area contributed by atoms with Gasteiger partial charge in [0, 0.05) is 28.1 Å². The van der Waals surface area contributed by atoms with Crippen LogP contribution in [0.5, 0.6) is 0 Å². The number of carbonyl (C=O) groups is 3. The molecule has 1 heterocycles. The highest BCUT2D eigenvalue weighted by atomic mass is 127. The first-order valence-corrected chi connectivity index (χ1v) is 9.66. The van der Waals surface area contributed by atoms with Crippen LogP contribution in [0.25, 0.3) is 0 Å². The van der Waals surface area contributed by atoms with Crippen LogP contribution in [0.15, 0.2) is 24.3 Å². The summed E-state index contributed by atoms with van der Waals surface area (Å²) in [6.45, 7) is 6.14. The fourth-order valence-electron chi connectivity index (χ4n) is 4.08. The highest BCUT2D eigenvalue weighted by Crippen LogP contribution is 2.59. The largest absolute Gasteiger partial charge is 0.326 e. The molecule has 25 heavy (non-hydrogen) atoms.